The summed E-state index contributed by atoms with van der Waals surface area (Å²) in [5.74, 6) is -0.447. The van der Waals surface area contributed by atoms with E-state index in [-0.39, 0.29) is 24.3 Å². The van der Waals surface area contributed by atoms with E-state index >= 15 is 0 Å². The zero-order valence-electron chi connectivity index (χ0n) is 15.3. The van der Waals surface area contributed by atoms with Crippen molar-refractivity contribution in [3.8, 4) is 11.1 Å². The summed E-state index contributed by atoms with van der Waals surface area (Å²) in [6.45, 7) is 0.399. The van der Waals surface area contributed by atoms with Gasteiger partial charge in [0.25, 0.3) is 5.91 Å². The van der Waals surface area contributed by atoms with Gasteiger partial charge < -0.3 is 15.5 Å². The van der Waals surface area contributed by atoms with Gasteiger partial charge in [-0.3, -0.25) is 9.59 Å². The Balaban J connectivity index is 1.77. The molecule has 1 aliphatic heterocycles. The molecule has 2 aromatic carbocycles. The Kier molecular flexibility index (Phi) is 5.86. The maximum absolute atomic E-state index is 13.0. The van der Waals surface area contributed by atoms with E-state index < -0.39 is 0 Å². The van der Waals surface area contributed by atoms with Crippen LogP contribution in [0.15, 0.2) is 59.8 Å². The third kappa shape index (κ3) is 4.53. The second-order valence-electron chi connectivity index (χ2n) is 6.58. The van der Waals surface area contributed by atoms with E-state index in [4.69, 9.17) is 10.6 Å². The number of oxime groups is 1. The number of nitrogens with zero attached hydrogens (tertiary/aromatic N) is 2. The van der Waals surface area contributed by atoms with Crippen LogP contribution in [0.4, 0.5) is 0 Å². The van der Waals surface area contributed by atoms with Crippen LogP contribution in [0.5, 0.6) is 0 Å². The minimum atomic E-state index is -0.369. The number of carbonyl (C=O) groups is 2. The molecule has 1 fully saturated rings. The fourth-order valence-electron chi connectivity index (χ4n) is 3.37. The summed E-state index contributed by atoms with van der Waals surface area (Å²) in [6, 6.07) is 17.5. The molecule has 6 nitrogen and oxygen atoms in total. The van der Waals surface area contributed by atoms with Gasteiger partial charge in [0.2, 0.25) is 5.91 Å². The van der Waals surface area contributed by atoms with E-state index in [0.29, 0.717) is 24.9 Å². The average Bonchev–Trinajstić information content (AvgIpc) is 3.10. The van der Waals surface area contributed by atoms with Crippen molar-refractivity contribution in [2.75, 3.05) is 13.7 Å². The van der Waals surface area contributed by atoms with Gasteiger partial charge in [0, 0.05) is 24.4 Å². The maximum atomic E-state index is 13.0. The quantitative estimate of drug-likeness (QED) is 0.799. The highest BCUT2D eigenvalue weighted by molar-refractivity contribution is 6.00. The van der Waals surface area contributed by atoms with Gasteiger partial charge in [-0.25, -0.2) is 0 Å². The molecule has 140 valence electrons. The summed E-state index contributed by atoms with van der Waals surface area (Å²) < 4.78 is 0. The Hall–Kier alpha value is -3.15. The van der Waals surface area contributed by atoms with Crippen LogP contribution < -0.4 is 5.73 Å². The highest BCUT2D eigenvalue weighted by Gasteiger charge is 2.33. The van der Waals surface area contributed by atoms with E-state index in [0.717, 1.165) is 16.8 Å². The van der Waals surface area contributed by atoms with Crippen molar-refractivity contribution in [2.24, 2.45) is 10.9 Å². The van der Waals surface area contributed by atoms with Crippen LogP contribution in [-0.4, -0.2) is 42.1 Å². The van der Waals surface area contributed by atoms with Crippen LogP contribution >= 0.6 is 0 Å². The normalized spacial score (nSPS) is 17.9. The number of hydrogen-bond donors (Lipinski definition) is 1. The van der Waals surface area contributed by atoms with Crippen molar-refractivity contribution in [2.45, 2.75) is 25.3 Å². The summed E-state index contributed by atoms with van der Waals surface area (Å²) in [4.78, 5) is 30.8. The van der Waals surface area contributed by atoms with Crippen LogP contribution in [0.3, 0.4) is 0 Å². The second kappa shape index (κ2) is 8.49. The number of rotatable bonds is 6. The molecule has 0 aliphatic carbocycles. The minimum absolute atomic E-state index is 0.0783. The zero-order valence-corrected chi connectivity index (χ0v) is 15.3. The van der Waals surface area contributed by atoms with E-state index in [1.54, 1.807) is 4.90 Å². The van der Waals surface area contributed by atoms with Crippen molar-refractivity contribution in [3.05, 3.63) is 60.2 Å². The number of nitrogens with two attached hydrogens (primary N) is 1. The van der Waals surface area contributed by atoms with Crippen molar-refractivity contribution in [1.82, 2.24) is 4.90 Å². The van der Waals surface area contributed by atoms with Gasteiger partial charge in [0.05, 0.1) is 12.3 Å². The van der Waals surface area contributed by atoms with Crippen molar-refractivity contribution >= 4 is 17.5 Å². The van der Waals surface area contributed by atoms with Gasteiger partial charge >= 0.3 is 0 Å². The van der Waals surface area contributed by atoms with Crippen LogP contribution in [0.25, 0.3) is 11.1 Å². The summed E-state index contributed by atoms with van der Waals surface area (Å²) in [5.41, 5.74) is 8.83. The summed E-state index contributed by atoms with van der Waals surface area (Å²) >= 11 is 0. The van der Waals surface area contributed by atoms with Crippen LogP contribution in [-0.2, 0) is 9.63 Å². The van der Waals surface area contributed by atoms with Gasteiger partial charge in [0.1, 0.15) is 7.11 Å². The van der Waals surface area contributed by atoms with Crippen LogP contribution in [0, 0.1) is 0 Å². The lowest BCUT2D eigenvalue weighted by Crippen LogP contribution is -2.36. The summed E-state index contributed by atoms with van der Waals surface area (Å²) in [7, 11) is 1.48. The number of amides is 2. The number of carbonyl (C=O) groups excluding carboxylic acids is 2. The Morgan fingerprint density at radius 2 is 1.78 bits per heavy atom. The van der Waals surface area contributed by atoms with Crippen LogP contribution in [0.2, 0.25) is 0 Å². The van der Waals surface area contributed by atoms with Gasteiger partial charge in [-0.15, -0.1) is 0 Å². The monoisotopic (exact) mass is 365 g/mol. The first-order chi connectivity index (χ1) is 13.1. The Bertz CT molecular complexity index is 832. The van der Waals surface area contributed by atoms with Gasteiger partial charge in [-0.05, 0) is 29.7 Å². The molecule has 6 heteroatoms. The highest BCUT2D eigenvalue weighted by atomic mass is 16.6. The molecule has 2 amide bonds. The van der Waals surface area contributed by atoms with Crippen molar-refractivity contribution in [3.63, 3.8) is 0 Å². The highest BCUT2D eigenvalue weighted by Crippen LogP contribution is 2.24. The van der Waals surface area contributed by atoms with Crippen molar-refractivity contribution < 1.29 is 14.4 Å². The first-order valence-corrected chi connectivity index (χ1v) is 8.92. The van der Waals surface area contributed by atoms with Gasteiger partial charge in [-0.1, -0.05) is 47.6 Å². The van der Waals surface area contributed by atoms with Crippen molar-refractivity contribution in [1.29, 1.82) is 0 Å². The lowest BCUT2D eigenvalue weighted by molar-refractivity contribution is -0.118. The van der Waals surface area contributed by atoms with E-state index in [9.17, 15) is 9.59 Å². The average molecular weight is 365 g/mol. The van der Waals surface area contributed by atoms with Crippen LogP contribution in [0.1, 0.15) is 29.6 Å². The number of likely N-dealkylation sites (tertiary alicyclic amines) is 1. The summed E-state index contributed by atoms with van der Waals surface area (Å²) in [6.07, 6.45) is 1.35. The van der Waals surface area contributed by atoms with E-state index in [2.05, 4.69) is 5.16 Å². The standard InChI is InChI=1S/C21H23N3O3/c1-27-23-18-13-19(11-12-20(22)25)24(14-18)21(26)17-9-7-16(8-10-17)15-5-3-2-4-6-15/h2-10,19H,11-14H2,1H3,(H2,22,25)/b23-18-. The minimum Gasteiger partial charge on any atom is -0.399 e. The molecule has 2 N–H and O–H groups in total. The predicted molar refractivity (Wildman–Crippen MR) is 104 cm³/mol. The SMILES string of the molecule is CO/N=C1/CC(CCC(N)=O)N(C(=O)c2ccc(-c3ccccc3)cc2)C1. The van der Waals surface area contributed by atoms with E-state index in [1.807, 2.05) is 54.6 Å². The summed E-state index contributed by atoms with van der Waals surface area (Å²) in [5, 5.41) is 3.99. The molecule has 0 radical (unpaired) electrons. The van der Waals surface area contributed by atoms with E-state index in [1.165, 1.54) is 7.11 Å². The molecule has 0 aromatic heterocycles. The Morgan fingerprint density at radius 1 is 1.11 bits per heavy atom. The predicted octanol–water partition coefficient (Wildman–Crippen LogP) is 2.84. The molecular weight excluding hydrogens is 342 g/mol. The zero-order chi connectivity index (χ0) is 19.2. The lowest BCUT2D eigenvalue weighted by Gasteiger charge is -2.24. The molecule has 1 atom stereocenters. The first-order valence-electron chi connectivity index (χ1n) is 8.92. The molecule has 0 spiro atoms. The van der Waals surface area contributed by atoms with Gasteiger partial charge in [0.15, 0.2) is 0 Å². The molecule has 1 saturated heterocycles. The fourth-order valence-corrected chi connectivity index (χ4v) is 3.37. The molecule has 2 aromatic rings. The molecule has 0 bridgehead atoms. The first kappa shape index (κ1) is 18.6. The Morgan fingerprint density at radius 3 is 2.41 bits per heavy atom. The molecule has 1 unspecified atom stereocenters. The third-order valence-electron chi connectivity index (χ3n) is 4.71. The molecule has 3 rings (SSSR count). The molecule has 27 heavy (non-hydrogen) atoms. The molecule has 1 aliphatic rings. The molecule has 1 heterocycles. The molecule has 0 saturated carbocycles. The maximum Gasteiger partial charge on any atom is 0.254 e. The second-order valence-corrected chi connectivity index (χ2v) is 6.58. The Labute approximate surface area is 158 Å². The lowest BCUT2D eigenvalue weighted by atomic mass is 10.0. The smallest absolute Gasteiger partial charge is 0.254 e. The number of primary amides is 1. The largest absolute Gasteiger partial charge is 0.399 e. The molecular formula is C21H23N3O3. The number of hydrogen-bond acceptors (Lipinski definition) is 4. The van der Waals surface area contributed by atoms with Gasteiger partial charge in [-0.2, -0.15) is 0 Å². The third-order valence-corrected chi connectivity index (χ3v) is 4.71. The fraction of sp³-hybridized carbons (Fsp3) is 0.286. The topological polar surface area (TPSA) is 85.0 Å². The number of benzene rings is 2.